The first-order valence-electron chi connectivity index (χ1n) is 6.74. The molecule has 0 aliphatic heterocycles. The molecule has 0 aliphatic carbocycles. The molecule has 0 saturated heterocycles. The zero-order valence-corrected chi connectivity index (χ0v) is 12.1. The van der Waals surface area contributed by atoms with Gasteiger partial charge in [-0.2, -0.15) is 0 Å². The van der Waals surface area contributed by atoms with Crippen LogP contribution in [0.1, 0.15) is 73.1 Å². The second-order valence-electron chi connectivity index (χ2n) is 5.60. The van der Waals surface area contributed by atoms with Crippen molar-refractivity contribution in [3.8, 4) is 0 Å². The Bertz CT molecular complexity index is 275. The van der Waals surface area contributed by atoms with Gasteiger partial charge in [-0.3, -0.25) is 0 Å². The largest absolute Gasteiger partial charge is 0.478 e. The van der Waals surface area contributed by atoms with Crippen LogP contribution in [0.2, 0.25) is 0 Å². The first-order chi connectivity index (χ1) is 7.83. The molecule has 2 heteroatoms. The highest BCUT2D eigenvalue weighted by Crippen LogP contribution is 2.34. The molecule has 0 atom stereocenters. The molecule has 0 amide bonds. The van der Waals surface area contributed by atoms with Gasteiger partial charge in [0.2, 0.25) is 0 Å². The van der Waals surface area contributed by atoms with E-state index in [0.717, 1.165) is 12.0 Å². The third kappa shape index (κ3) is 5.90. The SMILES string of the molecule is CCCCCCCC(C)(C)C(C)=C(C)C(=O)O. The third-order valence-electron chi connectivity index (χ3n) is 3.80. The Hall–Kier alpha value is -0.790. The van der Waals surface area contributed by atoms with Crippen LogP contribution in [0.3, 0.4) is 0 Å². The molecule has 0 aromatic carbocycles. The highest BCUT2D eigenvalue weighted by Gasteiger charge is 2.23. The summed E-state index contributed by atoms with van der Waals surface area (Å²) in [5.41, 5.74) is 1.53. The van der Waals surface area contributed by atoms with Gasteiger partial charge < -0.3 is 5.11 Å². The molecule has 0 aromatic rings. The summed E-state index contributed by atoms with van der Waals surface area (Å²) >= 11 is 0. The Labute approximate surface area is 106 Å². The van der Waals surface area contributed by atoms with Crippen molar-refractivity contribution in [1.29, 1.82) is 0 Å². The predicted octanol–water partition coefficient (Wildman–Crippen LogP) is 4.79. The minimum atomic E-state index is -0.790. The smallest absolute Gasteiger partial charge is 0.331 e. The molecule has 0 rings (SSSR count). The average Bonchev–Trinajstić information content (AvgIpc) is 2.26. The molecule has 2 nitrogen and oxygen atoms in total. The lowest BCUT2D eigenvalue weighted by Gasteiger charge is -2.27. The van der Waals surface area contributed by atoms with Gasteiger partial charge in [0, 0.05) is 5.57 Å². The molecule has 0 aromatic heterocycles. The summed E-state index contributed by atoms with van der Waals surface area (Å²) in [6.07, 6.45) is 7.40. The molecule has 0 aliphatic rings. The van der Waals surface area contributed by atoms with Crippen molar-refractivity contribution in [3.63, 3.8) is 0 Å². The van der Waals surface area contributed by atoms with E-state index in [-0.39, 0.29) is 5.41 Å². The van der Waals surface area contributed by atoms with E-state index in [1.165, 1.54) is 32.1 Å². The second-order valence-corrected chi connectivity index (χ2v) is 5.60. The first-order valence-corrected chi connectivity index (χ1v) is 6.74. The Morgan fingerprint density at radius 2 is 1.59 bits per heavy atom. The van der Waals surface area contributed by atoms with Crippen LogP contribution in [0, 0.1) is 5.41 Å². The van der Waals surface area contributed by atoms with Crippen molar-refractivity contribution in [2.75, 3.05) is 0 Å². The van der Waals surface area contributed by atoms with Crippen molar-refractivity contribution in [2.24, 2.45) is 5.41 Å². The lowest BCUT2D eigenvalue weighted by molar-refractivity contribution is -0.132. The van der Waals surface area contributed by atoms with Crippen LogP contribution in [0.15, 0.2) is 11.1 Å². The predicted molar refractivity (Wildman–Crippen MR) is 73.2 cm³/mol. The zero-order chi connectivity index (χ0) is 13.5. The van der Waals surface area contributed by atoms with Gasteiger partial charge in [0.1, 0.15) is 0 Å². The van der Waals surface area contributed by atoms with E-state index in [2.05, 4.69) is 20.8 Å². The molecule has 0 unspecified atom stereocenters. The van der Waals surface area contributed by atoms with E-state index >= 15 is 0 Å². The number of carboxylic acids is 1. The van der Waals surface area contributed by atoms with Crippen LogP contribution < -0.4 is 0 Å². The molecule has 0 radical (unpaired) electrons. The maximum Gasteiger partial charge on any atom is 0.331 e. The van der Waals surface area contributed by atoms with E-state index in [4.69, 9.17) is 5.11 Å². The summed E-state index contributed by atoms with van der Waals surface area (Å²) in [7, 11) is 0. The van der Waals surface area contributed by atoms with Crippen LogP contribution >= 0.6 is 0 Å². The lowest BCUT2D eigenvalue weighted by Crippen LogP contribution is -2.16. The minimum absolute atomic E-state index is 0.00862. The Kier molecular flexibility index (Phi) is 7.17. The van der Waals surface area contributed by atoms with E-state index in [0.29, 0.717) is 5.57 Å². The van der Waals surface area contributed by atoms with Crippen LogP contribution in [0.4, 0.5) is 0 Å². The van der Waals surface area contributed by atoms with Gasteiger partial charge in [-0.1, -0.05) is 58.4 Å². The van der Waals surface area contributed by atoms with Gasteiger partial charge >= 0.3 is 5.97 Å². The fourth-order valence-corrected chi connectivity index (χ4v) is 2.03. The average molecular weight is 240 g/mol. The van der Waals surface area contributed by atoms with Crippen molar-refractivity contribution in [3.05, 3.63) is 11.1 Å². The highest BCUT2D eigenvalue weighted by atomic mass is 16.4. The molecule has 0 heterocycles. The van der Waals surface area contributed by atoms with Crippen LogP contribution in [0.25, 0.3) is 0 Å². The number of hydrogen-bond donors (Lipinski definition) is 1. The third-order valence-corrected chi connectivity index (χ3v) is 3.80. The van der Waals surface area contributed by atoms with E-state index < -0.39 is 5.97 Å². The topological polar surface area (TPSA) is 37.3 Å². The molecular weight excluding hydrogens is 212 g/mol. The Morgan fingerprint density at radius 3 is 2.06 bits per heavy atom. The second kappa shape index (κ2) is 7.52. The van der Waals surface area contributed by atoms with Crippen molar-refractivity contribution >= 4 is 5.97 Å². The van der Waals surface area contributed by atoms with E-state index in [1.54, 1.807) is 6.92 Å². The zero-order valence-electron chi connectivity index (χ0n) is 12.1. The van der Waals surface area contributed by atoms with Crippen LogP contribution in [-0.4, -0.2) is 11.1 Å². The molecule has 17 heavy (non-hydrogen) atoms. The maximum absolute atomic E-state index is 10.9. The fourth-order valence-electron chi connectivity index (χ4n) is 2.03. The number of carbonyl (C=O) groups is 1. The number of hydrogen-bond acceptors (Lipinski definition) is 1. The number of aliphatic carboxylic acids is 1. The highest BCUT2D eigenvalue weighted by molar-refractivity contribution is 5.86. The van der Waals surface area contributed by atoms with E-state index in [9.17, 15) is 4.79 Å². The van der Waals surface area contributed by atoms with Crippen molar-refractivity contribution in [1.82, 2.24) is 0 Å². The molecule has 1 N–H and O–H groups in total. The van der Waals surface area contributed by atoms with Crippen molar-refractivity contribution in [2.45, 2.75) is 73.1 Å². The fraction of sp³-hybridized carbons (Fsp3) is 0.800. The number of carboxylic acid groups (broad SMARTS) is 1. The number of rotatable bonds is 8. The summed E-state index contributed by atoms with van der Waals surface area (Å²) in [6.45, 7) is 10.2. The summed E-state index contributed by atoms with van der Waals surface area (Å²) in [5.74, 6) is -0.790. The van der Waals surface area contributed by atoms with Gasteiger partial charge in [0.25, 0.3) is 0 Å². The molecule has 0 bridgehead atoms. The van der Waals surface area contributed by atoms with Gasteiger partial charge in [0.05, 0.1) is 0 Å². The summed E-state index contributed by atoms with van der Waals surface area (Å²) in [4.78, 5) is 10.9. The minimum Gasteiger partial charge on any atom is -0.478 e. The molecule has 0 fully saturated rings. The van der Waals surface area contributed by atoms with Crippen LogP contribution in [0.5, 0.6) is 0 Å². The molecular formula is C15H28O2. The molecule has 0 spiro atoms. The monoisotopic (exact) mass is 240 g/mol. The van der Waals surface area contributed by atoms with Gasteiger partial charge in [-0.15, -0.1) is 0 Å². The normalized spacial score (nSPS) is 13.5. The Balaban J connectivity index is 4.28. The summed E-state index contributed by atoms with van der Waals surface area (Å²) in [5, 5.41) is 9.00. The van der Waals surface area contributed by atoms with Crippen LogP contribution in [-0.2, 0) is 4.79 Å². The maximum atomic E-state index is 10.9. The Morgan fingerprint density at radius 1 is 1.06 bits per heavy atom. The lowest BCUT2D eigenvalue weighted by atomic mass is 9.78. The van der Waals surface area contributed by atoms with Gasteiger partial charge in [-0.25, -0.2) is 4.79 Å². The molecule has 0 saturated carbocycles. The quantitative estimate of drug-likeness (QED) is 0.489. The molecule has 100 valence electrons. The first kappa shape index (κ1) is 16.2. The van der Waals surface area contributed by atoms with Crippen molar-refractivity contribution < 1.29 is 9.90 Å². The van der Waals surface area contributed by atoms with Gasteiger partial charge in [-0.05, 0) is 25.7 Å². The standard InChI is InChI=1S/C15H28O2/c1-6-7-8-9-10-11-15(4,5)13(3)12(2)14(16)17/h6-11H2,1-5H3,(H,16,17). The summed E-state index contributed by atoms with van der Waals surface area (Å²) in [6, 6.07) is 0. The number of unbranched alkanes of at least 4 members (excludes halogenated alkanes) is 4. The van der Waals surface area contributed by atoms with E-state index in [1.807, 2.05) is 6.92 Å². The summed E-state index contributed by atoms with van der Waals surface area (Å²) < 4.78 is 0. The van der Waals surface area contributed by atoms with Gasteiger partial charge in [0.15, 0.2) is 0 Å². The number of allylic oxidation sites excluding steroid dienone is 1.